The van der Waals surface area contributed by atoms with E-state index in [2.05, 4.69) is 10.3 Å². The number of anilines is 1. The van der Waals surface area contributed by atoms with Crippen molar-refractivity contribution in [2.75, 3.05) is 25.1 Å². The maximum absolute atomic E-state index is 12.7. The van der Waals surface area contributed by atoms with Gasteiger partial charge in [-0.3, -0.25) is 10.1 Å². The summed E-state index contributed by atoms with van der Waals surface area (Å²) in [4.78, 5) is 45.3. The Kier molecular flexibility index (Phi) is 4.92. The molecule has 1 spiro atoms. The second-order valence-electron chi connectivity index (χ2n) is 7.22. The van der Waals surface area contributed by atoms with Gasteiger partial charge in [-0.2, -0.15) is 0 Å². The van der Waals surface area contributed by atoms with Gasteiger partial charge in [-0.1, -0.05) is 30.3 Å². The summed E-state index contributed by atoms with van der Waals surface area (Å²) in [7, 11) is 1.33. The third-order valence-corrected chi connectivity index (χ3v) is 5.67. The zero-order chi connectivity index (χ0) is 20.4. The minimum Gasteiger partial charge on any atom is -0.465 e. The molecule has 29 heavy (non-hydrogen) atoms. The van der Waals surface area contributed by atoms with Crippen LogP contribution < -0.4 is 10.2 Å². The van der Waals surface area contributed by atoms with E-state index in [1.54, 1.807) is 23.2 Å². The van der Waals surface area contributed by atoms with Crippen molar-refractivity contribution in [1.29, 1.82) is 0 Å². The summed E-state index contributed by atoms with van der Waals surface area (Å²) in [5.41, 5.74) is 0.472. The number of urea groups is 1. The number of pyridine rings is 1. The lowest BCUT2D eigenvalue weighted by molar-refractivity contribution is -0.127. The lowest BCUT2D eigenvalue weighted by atomic mass is 9.85. The van der Waals surface area contributed by atoms with E-state index in [4.69, 9.17) is 4.74 Å². The molecule has 8 heteroatoms. The summed E-state index contributed by atoms with van der Waals surface area (Å²) in [5, 5.41) is 2.48. The Morgan fingerprint density at radius 2 is 1.86 bits per heavy atom. The molecule has 1 aromatic carbocycles. The van der Waals surface area contributed by atoms with Crippen molar-refractivity contribution in [3.63, 3.8) is 0 Å². The molecular formula is C21H22N4O4. The number of esters is 1. The molecule has 4 rings (SSSR count). The van der Waals surface area contributed by atoms with Crippen LogP contribution in [0.2, 0.25) is 0 Å². The Hall–Kier alpha value is -3.42. The summed E-state index contributed by atoms with van der Waals surface area (Å²) in [6.45, 7) is 1.36. The van der Waals surface area contributed by atoms with Crippen molar-refractivity contribution in [3.8, 4) is 0 Å². The van der Waals surface area contributed by atoms with E-state index in [0.717, 1.165) is 5.56 Å². The number of nitrogens with one attached hydrogen (secondary N) is 1. The molecule has 0 unspecified atom stereocenters. The SMILES string of the molecule is COC(=O)c1cccnc1N1CCC2(CC1)C(=O)NC(=O)N2Cc1ccccc1. The molecule has 0 saturated carbocycles. The van der Waals surface area contributed by atoms with Gasteiger partial charge in [0.2, 0.25) is 0 Å². The van der Waals surface area contributed by atoms with E-state index in [1.165, 1.54) is 7.11 Å². The molecule has 3 amide bonds. The highest BCUT2D eigenvalue weighted by Gasteiger charge is 2.54. The maximum Gasteiger partial charge on any atom is 0.341 e. The average Bonchev–Trinajstić information content (AvgIpc) is 2.98. The second-order valence-corrected chi connectivity index (χ2v) is 7.22. The van der Waals surface area contributed by atoms with Crippen LogP contribution >= 0.6 is 0 Å². The van der Waals surface area contributed by atoms with Crippen LogP contribution in [0.5, 0.6) is 0 Å². The molecular weight excluding hydrogens is 372 g/mol. The van der Waals surface area contributed by atoms with Gasteiger partial charge in [-0.25, -0.2) is 14.6 Å². The normalized spacial score (nSPS) is 18.1. The Bertz CT molecular complexity index is 939. The molecule has 0 atom stereocenters. The van der Waals surface area contributed by atoms with Crippen LogP contribution in [0.4, 0.5) is 10.6 Å². The first kappa shape index (κ1) is 18.9. The van der Waals surface area contributed by atoms with Gasteiger partial charge in [0.25, 0.3) is 5.91 Å². The average molecular weight is 394 g/mol. The van der Waals surface area contributed by atoms with Crippen molar-refractivity contribution in [3.05, 3.63) is 59.8 Å². The standard InChI is InChI=1S/C21H22N4O4/c1-29-18(26)16-8-5-11-22-17(16)24-12-9-21(10-13-24)19(27)23-20(28)25(21)14-15-6-3-2-4-7-15/h2-8,11H,9-10,12-14H2,1H3,(H,23,27,28). The van der Waals surface area contributed by atoms with Crippen LogP contribution in [0.3, 0.4) is 0 Å². The van der Waals surface area contributed by atoms with Crippen LogP contribution in [0.25, 0.3) is 0 Å². The fourth-order valence-electron chi connectivity index (χ4n) is 4.09. The number of aromatic nitrogens is 1. The van der Waals surface area contributed by atoms with E-state index in [1.807, 2.05) is 35.2 Å². The predicted octanol–water partition coefficient (Wildman–Crippen LogP) is 1.96. The van der Waals surface area contributed by atoms with Gasteiger partial charge >= 0.3 is 12.0 Å². The number of carbonyl (C=O) groups excluding carboxylic acids is 3. The van der Waals surface area contributed by atoms with Crippen molar-refractivity contribution in [2.45, 2.75) is 24.9 Å². The van der Waals surface area contributed by atoms with Crippen molar-refractivity contribution in [1.82, 2.24) is 15.2 Å². The number of piperidine rings is 1. The third-order valence-electron chi connectivity index (χ3n) is 5.67. The molecule has 0 aliphatic carbocycles. The van der Waals surface area contributed by atoms with Gasteiger partial charge in [0.05, 0.1) is 7.11 Å². The maximum atomic E-state index is 12.7. The number of methoxy groups -OCH3 is 1. The fourth-order valence-corrected chi connectivity index (χ4v) is 4.09. The molecule has 2 fully saturated rings. The van der Waals surface area contributed by atoms with Gasteiger partial charge in [-0.05, 0) is 30.5 Å². The first-order valence-electron chi connectivity index (χ1n) is 9.50. The minimum absolute atomic E-state index is 0.257. The highest BCUT2D eigenvalue weighted by Crippen LogP contribution is 2.36. The van der Waals surface area contributed by atoms with Crippen LogP contribution in [0.15, 0.2) is 48.7 Å². The van der Waals surface area contributed by atoms with E-state index < -0.39 is 11.5 Å². The van der Waals surface area contributed by atoms with Gasteiger partial charge in [0.15, 0.2) is 0 Å². The Balaban J connectivity index is 1.56. The van der Waals surface area contributed by atoms with E-state index in [9.17, 15) is 14.4 Å². The Morgan fingerprint density at radius 3 is 2.55 bits per heavy atom. The number of hydrogen-bond acceptors (Lipinski definition) is 6. The molecule has 3 heterocycles. The first-order valence-corrected chi connectivity index (χ1v) is 9.50. The molecule has 1 N–H and O–H groups in total. The monoisotopic (exact) mass is 394 g/mol. The molecule has 2 aromatic rings. The Labute approximate surface area is 168 Å². The summed E-state index contributed by atoms with van der Waals surface area (Å²) in [5.74, 6) is -0.172. The number of nitrogens with zero attached hydrogens (tertiary/aromatic N) is 3. The zero-order valence-corrected chi connectivity index (χ0v) is 16.1. The summed E-state index contributed by atoms with van der Waals surface area (Å²) in [6.07, 6.45) is 2.53. The highest BCUT2D eigenvalue weighted by molar-refractivity contribution is 6.07. The van der Waals surface area contributed by atoms with Gasteiger partial charge in [0, 0.05) is 25.8 Å². The third kappa shape index (κ3) is 3.30. The summed E-state index contributed by atoms with van der Waals surface area (Å²) >= 11 is 0. The summed E-state index contributed by atoms with van der Waals surface area (Å²) < 4.78 is 4.85. The van der Waals surface area contributed by atoms with Crippen molar-refractivity contribution in [2.24, 2.45) is 0 Å². The van der Waals surface area contributed by atoms with Crippen LogP contribution in [-0.2, 0) is 16.1 Å². The number of ether oxygens (including phenoxy) is 1. The van der Waals surface area contributed by atoms with E-state index in [-0.39, 0.29) is 11.9 Å². The predicted molar refractivity (Wildman–Crippen MR) is 105 cm³/mol. The zero-order valence-electron chi connectivity index (χ0n) is 16.1. The van der Waals surface area contributed by atoms with Gasteiger partial charge < -0.3 is 14.5 Å². The van der Waals surface area contributed by atoms with Crippen LogP contribution in [0.1, 0.15) is 28.8 Å². The van der Waals surface area contributed by atoms with Gasteiger partial charge in [0.1, 0.15) is 16.9 Å². The van der Waals surface area contributed by atoms with Crippen molar-refractivity contribution < 1.29 is 19.1 Å². The molecule has 2 aliphatic heterocycles. The van der Waals surface area contributed by atoms with E-state index in [0.29, 0.717) is 43.9 Å². The number of amides is 3. The Morgan fingerprint density at radius 1 is 1.14 bits per heavy atom. The molecule has 8 nitrogen and oxygen atoms in total. The van der Waals surface area contributed by atoms with E-state index >= 15 is 0 Å². The van der Waals surface area contributed by atoms with Crippen molar-refractivity contribution >= 4 is 23.7 Å². The smallest absolute Gasteiger partial charge is 0.341 e. The largest absolute Gasteiger partial charge is 0.465 e. The number of hydrogen-bond donors (Lipinski definition) is 1. The topological polar surface area (TPSA) is 91.8 Å². The summed E-state index contributed by atoms with van der Waals surface area (Å²) in [6, 6.07) is 12.6. The second kappa shape index (κ2) is 7.54. The number of rotatable bonds is 4. The molecule has 0 bridgehead atoms. The molecule has 150 valence electrons. The first-order chi connectivity index (χ1) is 14.0. The van der Waals surface area contributed by atoms with Crippen LogP contribution in [0, 0.1) is 0 Å². The molecule has 1 aromatic heterocycles. The van der Waals surface area contributed by atoms with Crippen LogP contribution in [-0.4, -0.2) is 53.5 Å². The highest BCUT2D eigenvalue weighted by atomic mass is 16.5. The number of carbonyl (C=O) groups is 3. The lowest BCUT2D eigenvalue weighted by Crippen LogP contribution is -2.56. The number of benzene rings is 1. The molecule has 2 saturated heterocycles. The minimum atomic E-state index is -0.885. The molecule has 0 radical (unpaired) electrons. The lowest BCUT2D eigenvalue weighted by Gasteiger charge is -2.42. The quantitative estimate of drug-likeness (QED) is 0.630. The number of imide groups is 1. The molecule has 2 aliphatic rings. The van der Waals surface area contributed by atoms with Gasteiger partial charge in [-0.15, -0.1) is 0 Å². The fraction of sp³-hybridized carbons (Fsp3) is 0.333.